The lowest BCUT2D eigenvalue weighted by atomic mass is 9.97. The lowest BCUT2D eigenvalue weighted by Crippen LogP contribution is -2.58. The molecule has 29 heavy (non-hydrogen) atoms. The molecule has 6 nitrogen and oxygen atoms in total. The number of methoxy groups -OCH3 is 1. The van der Waals surface area contributed by atoms with Gasteiger partial charge in [-0.1, -0.05) is 30.3 Å². The molecule has 2 heterocycles. The van der Waals surface area contributed by atoms with Crippen molar-refractivity contribution in [2.45, 2.75) is 32.5 Å². The standard InChI is InChI=1S/C23H28N4O2/c1-23(2)17-26(13-14-27(23)15-18-7-5-4-6-8-18)16-21-24-25-22(29-21)19-9-11-20(28-3)12-10-19/h4-12H,13-17H2,1-3H3. The zero-order valence-corrected chi connectivity index (χ0v) is 17.3. The minimum Gasteiger partial charge on any atom is -0.497 e. The van der Waals surface area contributed by atoms with Crippen LogP contribution in [0.3, 0.4) is 0 Å². The summed E-state index contributed by atoms with van der Waals surface area (Å²) in [7, 11) is 1.65. The normalized spacial score (nSPS) is 17.3. The number of aromatic nitrogens is 2. The molecular formula is C23H28N4O2. The van der Waals surface area contributed by atoms with Crippen LogP contribution >= 0.6 is 0 Å². The van der Waals surface area contributed by atoms with Gasteiger partial charge in [-0.05, 0) is 43.7 Å². The predicted molar refractivity (Wildman–Crippen MR) is 112 cm³/mol. The molecule has 4 rings (SSSR count). The number of benzene rings is 2. The zero-order valence-electron chi connectivity index (χ0n) is 17.3. The van der Waals surface area contributed by atoms with Crippen LogP contribution in [0.15, 0.2) is 59.0 Å². The van der Waals surface area contributed by atoms with Gasteiger partial charge < -0.3 is 9.15 Å². The second-order valence-corrected chi connectivity index (χ2v) is 8.16. The molecule has 0 spiro atoms. The maximum absolute atomic E-state index is 5.92. The quantitative estimate of drug-likeness (QED) is 0.635. The van der Waals surface area contributed by atoms with Crippen molar-refractivity contribution in [2.75, 3.05) is 26.7 Å². The Bertz CT molecular complexity index is 922. The third-order valence-electron chi connectivity index (χ3n) is 5.53. The van der Waals surface area contributed by atoms with Gasteiger partial charge in [0.15, 0.2) is 0 Å². The number of nitrogens with zero attached hydrogens (tertiary/aromatic N) is 4. The van der Waals surface area contributed by atoms with Gasteiger partial charge >= 0.3 is 0 Å². The fourth-order valence-corrected chi connectivity index (χ4v) is 3.88. The van der Waals surface area contributed by atoms with Crippen LogP contribution in [-0.4, -0.2) is 52.3 Å². The number of ether oxygens (including phenoxy) is 1. The lowest BCUT2D eigenvalue weighted by molar-refractivity contribution is 0.00721. The number of rotatable bonds is 6. The first-order valence-corrected chi connectivity index (χ1v) is 10.0. The summed E-state index contributed by atoms with van der Waals surface area (Å²) in [6.45, 7) is 9.21. The SMILES string of the molecule is COc1ccc(-c2nnc(CN3CCN(Cc4ccccc4)C(C)(C)C3)o2)cc1. The van der Waals surface area contributed by atoms with Crippen molar-refractivity contribution in [3.63, 3.8) is 0 Å². The maximum Gasteiger partial charge on any atom is 0.247 e. The van der Waals surface area contributed by atoms with Gasteiger partial charge in [-0.2, -0.15) is 0 Å². The van der Waals surface area contributed by atoms with E-state index in [1.807, 2.05) is 24.3 Å². The van der Waals surface area contributed by atoms with Crippen LogP contribution in [-0.2, 0) is 13.1 Å². The smallest absolute Gasteiger partial charge is 0.247 e. The summed E-state index contributed by atoms with van der Waals surface area (Å²) in [4.78, 5) is 4.95. The van der Waals surface area contributed by atoms with E-state index in [0.717, 1.165) is 37.5 Å². The Morgan fingerprint density at radius 1 is 0.966 bits per heavy atom. The van der Waals surface area contributed by atoms with Gasteiger partial charge in [0.05, 0.1) is 13.7 Å². The fourth-order valence-electron chi connectivity index (χ4n) is 3.88. The van der Waals surface area contributed by atoms with Gasteiger partial charge in [-0.15, -0.1) is 10.2 Å². The Kier molecular flexibility index (Phi) is 5.65. The lowest BCUT2D eigenvalue weighted by Gasteiger charge is -2.47. The highest BCUT2D eigenvalue weighted by Gasteiger charge is 2.34. The molecule has 0 aliphatic carbocycles. The fraction of sp³-hybridized carbons (Fsp3) is 0.391. The van der Waals surface area contributed by atoms with Gasteiger partial charge in [0.1, 0.15) is 5.75 Å². The van der Waals surface area contributed by atoms with Gasteiger partial charge in [-0.25, -0.2) is 0 Å². The van der Waals surface area contributed by atoms with Crippen molar-refractivity contribution < 1.29 is 9.15 Å². The van der Waals surface area contributed by atoms with Gasteiger partial charge in [0.2, 0.25) is 11.8 Å². The first kappa shape index (κ1) is 19.6. The van der Waals surface area contributed by atoms with E-state index < -0.39 is 0 Å². The highest BCUT2D eigenvalue weighted by Crippen LogP contribution is 2.25. The first-order chi connectivity index (χ1) is 14.0. The Morgan fingerprint density at radius 3 is 2.41 bits per heavy atom. The van der Waals surface area contributed by atoms with Crippen LogP contribution in [0, 0.1) is 0 Å². The van der Waals surface area contributed by atoms with Crippen LogP contribution in [0.1, 0.15) is 25.3 Å². The number of hydrogen-bond acceptors (Lipinski definition) is 6. The summed E-state index contributed by atoms with van der Waals surface area (Å²) in [5.74, 6) is 2.01. The molecule has 0 saturated carbocycles. The highest BCUT2D eigenvalue weighted by molar-refractivity contribution is 5.53. The molecule has 0 unspecified atom stereocenters. The third kappa shape index (κ3) is 4.66. The summed E-state index contributed by atoms with van der Waals surface area (Å²) in [5.41, 5.74) is 2.33. The molecule has 0 amide bonds. The monoisotopic (exact) mass is 392 g/mol. The van der Waals surface area contributed by atoms with E-state index in [4.69, 9.17) is 9.15 Å². The van der Waals surface area contributed by atoms with E-state index >= 15 is 0 Å². The largest absolute Gasteiger partial charge is 0.497 e. The van der Waals surface area contributed by atoms with E-state index in [1.165, 1.54) is 5.56 Å². The van der Waals surface area contributed by atoms with E-state index in [0.29, 0.717) is 18.3 Å². The van der Waals surface area contributed by atoms with Crippen LogP contribution in [0.5, 0.6) is 5.75 Å². The van der Waals surface area contributed by atoms with Crippen molar-refractivity contribution in [1.29, 1.82) is 0 Å². The Morgan fingerprint density at radius 2 is 1.72 bits per heavy atom. The summed E-state index contributed by atoms with van der Waals surface area (Å²) < 4.78 is 11.1. The maximum atomic E-state index is 5.92. The molecule has 0 atom stereocenters. The molecule has 6 heteroatoms. The van der Waals surface area contributed by atoms with E-state index in [2.05, 4.69) is 64.2 Å². The molecule has 1 aliphatic rings. The molecule has 0 N–H and O–H groups in total. The number of piperazine rings is 1. The summed E-state index contributed by atoms with van der Waals surface area (Å²) >= 11 is 0. The van der Waals surface area contributed by atoms with Crippen LogP contribution in [0.25, 0.3) is 11.5 Å². The van der Waals surface area contributed by atoms with E-state index in [-0.39, 0.29) is 5.54 Å². The molecule has 3 aromatic rings. The Labute approximate surface area is 172 Å². The van der Waals surface area contributed by atoms with Crippen molar-refractivity contribution in [1.82, 2.24) is 20.0 Å². The molecule has 1 aliphatic heterocycles. The molecule has 1 aromatic heterocycles. The Hall–Kier alpha value is -2.70. The molecular weight excluding hydrogens is 364 g/mol. The number of hydrogen-bond donors (Lipinski definition) is 0. The summed E-state index contributed by atoms with van der Waals surface area (Å²) in [6.07, 6.45) is 0. The topological polar surface area (TPSA) is 54.6 Å². The molecule has 1 fully saturated rings. The highest BCUT2D eigenvalue weighted by atomic mass is 16.5. The molecule has 0 radical (unpaired) electrons. The van der Waals surface area contributed by atoms with E-state index in [9.17, 15) is 0 Å². The molecule has 1 saturated heterocycles. The zero-order chi connectivity index (χ0) is 20.3. The molecule has 152 valence electrons. The van der Waals surface area contributed by atoms with E-state index in [1.54, 1.807) is 7.11 Å². The molecule has 0 bridgehead atoms. The second-order valence-electron chi connectivity index (χ2n) is 8.16. The summed E-state index contributed by atoms with van der Waals surface area (Å²) in [5, 5.41) is 8.48. The van der Waals surface area contributed by atoms with Gasteiger partial charge in [0, 0.05) is 37.3 Å². The van der Waals surface area contributed by atoms with Gasteiger partial charge in [-0.3, -0.25) is 9.80 Å². The average Bonchev–Trinajstić information content (AvgIpc) is 3.19. The van der Waals surface area contributed by atoms with Crippen molar-refractivity contribution >= 4 is 0 Å². The second kappa shape index (κ2) is 8.35. The molecule has 2 aromatic carbocycles. The van der Waals surface area contributed by atoms with Crippen LogP contribution in [0.2, 0.25) is 0 Å². The Balaban J connectivity index is 1.38. The summed E-state index contributed by atoms with van der Waals surface area (Å²) in [6, 6.07) is 18.3. The van der Waals surface area contributed by atoms with Crippen molar-refractivity contribution in [3.05, 3.63) is 66.1 Å². The first-order valence-electron chi connectivity index (χ1n) is 10.0. The van der Waals surface area contributed by atoms with Crippen LogP contribution in [0.4, 0.5) is 0 Å². The third-order valence-corrected chi connectivity index (χ3v) is 5.53. The predicted octanol–water partition coefficient (Wildman–Crippen LogP) is 3.84. The minimum atomic E-state index is 0.0763. The van der Waals surface area contributed by atoms with Crippen molar-refractivity contribution in [3.8, 4) is 17.2 Å². The van der Waals surface area contributed by atoms with Gasteiger partial charge in [0.25, 0.3) is 0 Å². The average molecular weight is 393 g/mol. The minimum absolute atomic E-state index is 0.0763. The van der Waals surface area contributed by atoms with Crippen LogP contribution < -0.4 is 4.74 Å². The van der Waals surface area contributed by atoms with Crippen molar-refractivity contribution in [2.24, 2.45) is 0 Å².